The Kier molecular flexibility index (Phi) is 5.01. The first-order valence-electron chi connectivity index (χ1n) is 6.21. The molecular weight excluding hydrogens is 303 g/mol. The van der Waals surface area contributed by atoms with Crippen LogP contribution in [0.3, 0.4) is 0 Å². The summed E-state index contributed by atoms with van der Waals surface area (Å²) in [6.07, 6.45) is 0. The second kappa shape index (κ2) is 7.15. The minimum atomic E-state index is -0.396. The molecule has 1 amide bonds. The van der Waals surface area contributed by atoms with Gasteiger partial charge in [0.05, 0.1) is 11.6 Å². The average Bonchev–Trinajstić information content (AvgIpc) is 2.55. The zero-order valence-electron chi connectivity index (χ0n) is 11.3. The van der Waals surface area contributed by atoms with Crippen molar-refractivity contribution in [3.63, 3.8) is 0 Å². The Hall–Kier alpha value is -2.98. The largest absolute Gasteiger partial charge is 0.331 e. The molecule has 0 spiro atoms. The third-order valence-corrected chi connectivity index (χ3v) is 2.87. The number of amides is 1. The quantitative estimate of drug-likeness (QED) is 0.586. The van der Waals surface area contributed by atoms with Gasteiger partial charge in [0.2, 0.25) is 0 Å². The highest BCUT2D eigenvalue weighted by Gasteiger charge is 2.05. The van der Waals surface area contributed by atoms with E-state index in [1.807, 2.05) is 6.07 Å². The van der Waals surface area contributed by atoms with E-state index in [9.17, 15) is 9.18 Å². The van der Waals surface area contributed by atoms with E-state index in [-0.39, 0.29) is 10.9 Å². The van der Waals surface area contributed by atoms with Gasteiger partial charge >= 0.3 is 0 Å². The molecule has 7 heteroatoms. The standard InChI is InChI=1S/C15H11FN4OS/c16-12-5-7-13(8-6-12)18-15(22)20-19-14(21)11-3-1-10(9-17)2-4-11/h1-8H,(H,19,21)(H2,18,20,22). The lowest BCUT2D eigenvalue weighted by molar-refractivity contribution is 0.0944. The summed E-state index contributed by atoms with van der Waals surface area (Å²) in [4.78, 5) is 11.9. The zero-order valence-corrected chi connectivity index (χ0v) is 12.1. The Bertz CT molecular complexity index is 723. The minimum absolute atomic E-state index is 0.161. The van der Waals surface area contributed by atoms with Crippen LogP contribution in [0.15, 0.2) is 48.5 Å². The van der Waals surface area contributed by atoms with Gasteiger partial charge in [-0.05, 0) is 60.7 Å². The maximum Gasteiger partial charge on any atom is 0.269 e. The minimum Gasteiger partial charge on any atom is -0.331 e. The molecule has 2 aromatic rings. The molecule has 5 nitrogen and oxygen atoms in total. The third kappa shape index (κ3) is 4.26. The Balaban J connectivity index is 1.86. The number of carbonyl (C=O) groups excluding carboxylic acids is 1. The van der Waals surface area contributed by atoms with Crippen LogP contribution in [0.2, 0.25) is 0 Å². The van der Waals surface area contributed by atoms with Crippen LogP contribution < -0.4 is 16.2 Å². The summed E-state index contributed by atoms with van der Waals surface area (Å²) in [5, 5.41) is 11.6. The molecular formula is C15H11FN4OS. The lowest BCUT2D eigenvalue weighted by atomic mass is 10.1. The van der Waals surface area contributed by atoms with Crippen molar-refractivity contribution in [3.8, 4) is 6.07 Å². The Morgan fingerprint density at radius 1 is 1.05 bits per heavy atom. The molecule has 3 N–H and O–H groups in total. The zero-order chi connectivity index (χ0) is 15.9. The molecule has 0 atom stereocenters. The molecule has 2 rings (SSSR count). The van der Waals surface area contributed by atoms with Gasteiger partial charge in [0.15, 0.2) is 5.11 Å². The van der Waals surface area contributed by atoms with Crippen LogP contribution in [0.25, 0.3) is 0 Å². The van der Waals surface area contributed by atoms with E-state index in [4.69, 9.17) is 17.5 Å². The first kappa shape index (κ1) is 15.4. The Morgan fingerprint density at radius 2 is 1.68 bits per heavy atom. The number of hydrazine groups is 1. The van der Waals surface area contributed by atoms with Gasteiger partial charge in [-0.2, -0.15) is 5.26 Å². The van der Waals surface area contributed by atoms with Gasteiger partial charge in [-0.15, -0.1) is 0 Å². The van der Waals surface area contributed by atoms with Crippen molar-refractivity contribution in [2.24, 2.45) is 0 Å². The second-order valence-electron chi connectivity index (χ2n) is 4.23. The fourth-order valence-electron chi connectivity index (χ4n) is 1.58. The molecule has 0 saturated carbocycles. The molecule has 0 aliphatic heterocycles. The average molecular weight is 314 g/mol. The van der Waals surface area contributed by atoms with Gasteiger partial charge in [0.25, 0.3) is 5.91 Å². The predicted octanol–water partition coefficient (Wildman–Crippen LogP) is 2.33. The highest BCUT2D eigenvalue weighted by molar-refractivity contribution is 7.80. The van der Waals surface area contributed by atoms with E-state index < -0.39 is 5.91 Å². The molecule has 0 fully saturated rings. The number of nitriles is 1. The topological polar surface area (TPSA) is 77.0 Å². The van der Waals surface area contributed by atoms with E-state index in [1.54, 1.807) is 12.1 Å². The summed E-state index contributed by atoms with van der Waals surface area (Å²) in [5.41, 5.74) is 6.40. The van der Waals surface area contributed by atoms with Gasteiger partial charge in [-0.3, -0.25) is 15.6 Å². The summed E-state index contributed by atoms with van der Waals surface area (Å²) in [5.74, 6) is -0.744. The summed E-state index contributed by atoms with van der Waals surface area (Å²) < 4.78 is 12.8. The maximum absolute atomic E-state index is 12.8. The first-order chi connectivity index (χ1) is 10.6. The van der Waals surface area contributed by atoms with Crippen LogP contribution in [0.4, 0.5) is 10.1 Å². The normalized spacial score (nSPS) is 9.45. The van der Waals surface area contributed by atoms with Crippen LogP contribution in [-0.4, -0.2) is 11.0 Å². The SMILES string of the molecule is N#Cc1ccc(C(=O)NNC(=S)Nc2ccc(F)cc2)cc1. The summed E-state index contributed by atoms with van der Waals surface area (Å²) in [7, 11) is 0. The lowest BCUT2D eigenvalue weighted by Gasteiger charge is -2.11. The van der Waals surface area contributed by atoms with E-state index in [2.05, 4.69) is 16.2 Å². The van der Waals surface area contributed by atoms with E-state index in [0.717, 1.165) is 0 Å². The van der Waals surface area contributed by atoms with Gasteiger partial charge in [-0.1, -0.05) is 0 Å². The second-order valence-corrected chi connectivity index (χ2v) is 4.64. The number of hydrogen-bond donors (Lipinski definition) is 3. The number of carbonyl (C=O) groups is 1. The van der Waals surface area contributed by atoms with Crippen LogP contribution in [0.1, 0.15) is 15.9 Å². The molecule has 0 heterocycles. The number of hydrogen-bond acceptors (Lipinski definition) is 3. The van der Waals surface area contributed by atoms with E-state index in [0.29, 0.717) is 16.8 Å². The predicted molar refractivity (Wildman–Crippen MR) is 84.4 cm³/mol. The number of nitrogens with one attached hydrogen (secondary N) is 3. The smallest absolute Gasteiger partial charge is 0.269 e. The molecule has 0 bridgehead atoms. The summed E-state index contributed by atoms with van der Waals surface area (Å²) in [6, 6.07) is 13.8. The fourth-order valence-corrected chi connectivity index (χ4v) is 1.75. The number of nitrogens with zero attached hydrogens (tertiary/aromatic N) is 1. The molecule has 0 saturated heterocycles. The number of thiocarbonyl (C=S) groups is 1. The van der Waals surface area contributed by atoms with Crippen molar-refractivity contribution in [3.05, 3.63) is 65.5 Å². The molecule has 0 aromatic heterocycles. The molecule has 0 aliphatic carbocycles. The number of halogens is 1. The molecule has 2 aromatic carbocycles. The van der Waals surface area contributed by atoms with Crippen LogP contribution in [0.5, 0.6) is 0 Å². The summed E-state index contributed by atoms with van der Waals surface area (Å²) >= 11 is 5.00. The van der Waals surface area contributed by atoms with Crippen molar-refractivity contribution in [2.75, 3.05) is 5.32 Å². The van der Waals surface area contributed by atoms with Crippen LogP contribution in [-0.2, 0) is 0 Å². The van der Waals surface area contributed by atoms with Crippen molar-refractivity contribution in [1.82, 2.24) is 10.9 Å². The molecule has 0 unspecified atom stereocenters. The van der Waals surface area contributed by atoms with Gasteiger partial charge in [-0.25, -0.2) is 4.39 Å². The Labute approximate surface area is 131 Å². The monoisotopic (exact) mass is 314 g/mol. The molecule has 110 valence electrons. The molecule has 0 radical (unpaired) electrons. The maximum atomic E-state index is 12.8. The fraction of sp³-hybridized carbons (Fsp3) is 0. The molecule has 0 aliphatic rings. The van der Waals surface area contributed by atoms with Gasteiger partial charge in [0, 0.05) is 11.3 Å². The highest BCUT2D eigenvalue weighted by atomic mass is 32.1. The van der Waals surface area contributed by atoms with Gasteiger partial charge < -0.3 is 5.32 Å². The summed E-state index contributed by atoms with van der Waals surface area (Å²) in [6.45, 7) is 0. The first-order valence-corrected chi connectivity index (χ1v) is 6.62. The van der Waals surface area contributed by atoms with Crippen LogP contribution >= 0.6 is 12.2 Å². The number of anilines is 1. The van der Waals surface area contributed by atoms with E-state index in [1.165, 1.54) is 36.4 Å². The third-order valence-electron chi connectivity index (χ3n) is 2.67. The Morgan fingerprint density at radius 3 is 2.27 bits per heavy atom. The van der Waals surface area contributed by atoms with Crippen molar-refractivity contribution in [1.29, 1.82) is 5.26 Å². The highest BCUT2D eigenvalue weighted by Crippen LogP contribution is 2.07. The van der Waals surface area contributed by atoms with Crippen molar-refractivity contribution >= 4 is 28.9 Å². The van der Waals surface area contributed by atoms with Crippen molar-refractivity contribution in [2.45, 2.75) is 0 Å². The van der Waals surface area contributed by atoms with Gasteiger partial charge in [0.1, 0.15) is 5.82 Å². The molecule has 22 heavy (non-hydrogen) atoms. The lowest BCUT2D eigenvalue weighted by Crippen LogP contribution is -2.43. The number of rotatable bonds is 2. The van der Waals surface area contributed by atoms with E-state index >= 15 is 0 Å². The van der Waals surface area contributed by atoms with Crippen molar-refractivity contribution < 1.29 is 9.18 Å². The van der Waals surface area contributed by atoms with Crippen LogP contribution in [0, 0.1) is 17.1 Å². The number of benzene rings is 2.